The predicted octanol–water partition coefficient (Wildman–Crippen LogP) is 2.89. The summed E-state index contributed by atoms with van der Waals surface area (Å²) in [5, 5.41) is 34.9. The molecule has 0 aliphatic carbocycles. The van der Waals surface area contributed by atoms with Gasteiger partial charge < -0.3 is 60.9 Å². The molecular formula is C61H113N11O12. The minimum atomic E-state index is -1.56. The summed E-state index contributed by atoms with van der Waals surface area (Å²) in [7, 11) is 10.1. The van der Waals surface area contributed by atoms with Gasteiger partial charge in [-0.25, -0.2) is 0 Å². The van der Waals surface area contributed by atoms with Crippen LogP contribution in [0.3, 0.4) is 0 Å². The first kappa shape index (κ1) is 76.6. The highest BCUT2D eigenvalue weighted by molar-refractivity contribution is 5.98. The van der Waals surface area contributed by atoms with Gasteiger partial charge in [0.1, 0.15) is 60.6 Å². The molecule has 1 aliphatic heterocycles. The Kier molecular flexibility index (Phi) is 31.6. The molecule has 1 rings (SSSR count). The first-order valence-electron chi connectivity index (χ1n) is 30.6. The number of likely N-dealkylation sites (N-methyl/N-ethyl adjacent to an activating group) is 7. The molecule has 23 nitrogen and oxygen atoms in total. The average molecular weight is 1190 g/mol. The van der Waals surface area contributed by atoms with Crippen molar-refractivity contribution >= 4 is 59.1 Å². The molecule has 0 radical (unpaired) electrons. The molecule has 6 N–H and O–H groups in total. The minimum Gasteiger partial charge on any atom is -0.390 e. The zero-order valence-electron chi connectivity index (χ0n) is 55.7. The molecule has 484 valence electrons. The van der Waals surface area contributed by atoms with Crippen molar-refractivity contribution in [2.75, 3.05) is 55.9 Å². The van der Waals surface area contributed by atoms with Crippen molar-refractivity contribution in [1.29, 1.82) is 0 Å². The van der Waals surface area contributed by atoms with Crippen molar-refractivity contribution < 1.29 is 58.2 Å². The molecule has 0 saturated carbocycles. The first-order valence-corrected chi connectivity index (χ1v) is 30.6. The number of hydrogen-bond acceptors (Lipinski definition) is 13. The van der Waals surface area contributed by atoms with Crippen LogP contribution < -0.4 is 21.3 Å². The lowest BCUT2D eigenvalue weighted by atomic mass is 9.91. The van der Waals surface area contributed by atoms with Crippen molar-refractivity contribution in [2.24, 2.45) is 41.4 Å². The Morgan fingerprint density at radius 2 is 0.869 bits per heavy atom. The van der Waals surface area contributed by atoms with Crippen LogP contribution in [-0.2, 0) is 47.9 Å². The van der Waals surface area contributed by atoms with Gasteiger partial charge in [-0.2, -0.15) is 0 Å². The maximum atomic E-state index is 15.1. The summed E-state index contributed by atoms with van der Waals surface area (Å²) in [5.74, 6) is -8.57. The van der Waals surface area contributed by atoms with Crippen LogP contribution >= 0.6 is 0 Å². The molecule has 13 atom stereocenters. The van der Waals surface area contributed by atoms with Gasteiger partial charge in [0.05, 0.1) is 18.7 Å². The molecule has 10 amide bonds. The molecule has 0 aromatic heterocycles. The fraction of sp³-hybridized carbons (Fsp3) is 0.836. The average Bonchev–Trinajstić information content (AvgIpc) is 3.52. The van der Waals surface area contributed by atoms with Crippen molar-refractivity contribution in [1.82, 2.24) is 55.6 Å². The SMILES string of the molecule is CCC[C@@H](C)[C@@H](O)[C@H]1C(=O)N[C@@H](CC)C(=O)N(C)CC(O)N(C)[C@@H](CC(C)C)C(=O)N[C@@H](C(C)C)C(=O)N(C)[C@@H](CC(C)C)C(=O)N[C@@H](C)C(=O)N[C@H](C)C(=O)N(C)[C@@H](CC(C)C)C(=O)N(C)[C@@H](CC(C)C)C(=O)N(C)[C@@H](C(C)C)C(=O)N1C. The van der Waals surface area contributed by atoms with E-state index in [9.17, 15) is 48.6 Å². The second-order valence-corrected chi connectivity index (χ2v) is 26.2. The topological polar surface area (TPSA) is 282 Å². The van der Waals surface area contributed by atoms with Gasteiger partial charge in [-0.15, -0.1) is 0 Å². The highest BCUT2D eigenvalue weighted by atomic mass is 16.3. The van der Waals surface area contributed by atoms with Crippen molar-refractivity contribution in [3.8, 4) is 0 Å². The first-order chi connectivity index (χ1) is 38.7. The Morgan fingerprint density at radius 3 is 1.32 bits per heavy atom. The second-order valence-electron chi connectivity index (χ2n) is 26.2. The Hall–Kier alpha value is -5.42. The fourth-order valence-electron chi connectivity index (χ4n) is 10.9. The number of nitrogens with one attached hydrogen (secondary N) is 4. The highest BCUT2D eigenvalue weighted by Gasteiger charge is 2.46. The third-order valence-corrected chi connectivity index (χ3v) is 16.2. The van der Waals surface area contributed by atoms with Gasteiger partial charge in [-0.3, -0.25) is 52.8 Å². The number of β-amino-alcohol motifs (C(OH)–C–C–N with tert-alkyl or cyclic N) is 1. The smallest absolute Gasteiger partial charge is 0.246 e. The number of amides is 10. The Labute approximate surface area is 503 Å². The number of aliphatic hydroxyl groups excluding tert-OH is 2. The summed E-state index contributed by atoms with van der Waals surface area (Å²) >= 11 is 0. The van der Waals surface area contributed by atoms with E-state index in [2.05, 4.69) is 21.3 Å². The summed E-state index contributed by atoms with van der Waals surface area (Å²) in [5.41, 5.74) is 0. The lowest BCUT2D eigenvalue weighted by Gasteiger charge is -2.41. The van der Waals surface area contributed by atoms with Gasteiger partial charge in [-0.1, -0.05) is 110 Å². The summed E-state index contributed by atoms with van der Waals surface area (Å²) in [6, 6.07) is -12.0. The zero-order valence-corrected chi connectivity index (χ0v) is 55.7. The molecule has 1 saturated heterocycles. The zero-order chi connectivity index (χ0) is 65.3. The van der Waals surface area contributed by atoms with Crippen LogP contribution in [0.5, 0.6) is 0 Å². The Bertz CT molecular complexity index is 2210. The molecule has 0 aromatic rings. The third kappa shape index (κ3) is 21.2. The van der Waals surface area contributed by atoms with E-state index in [0.717, 1.165) is 4.90 Å². The maximum absolute atomic E-state index is 15.1. The molecule has 0 spiro atoms. The van der Waals surface area contributed by atoms with Crippen molar-refractivity contribution in [3.63, 3.8) is 0 Å². The van der Waals surface area contributed by atoms with Crippen LogP contribution in [0.15, 0.2) is 0 Å². The van der Waals surface area contributed by atoms with Crippen molar-refractivity contribution in [2.45, 2.75) is 235 Å². The van der Waals surface area contributed by atoms with Crippen LogP contribution in [0.1, 0.15) is 163 Å². The number of carbonyl (C=O) groups excluding carboxylic acids is 10. The Morgan fingerprint density at radius 1 is 0.452 bits per heavy atom. The molecular weight excluding hydrogens is 1080 g/mol. The second kappa shape index (κ2) is 34.7. The standard InChI is InChI=1S/C61H113N11O12/c1-25-27-39(15)51(74)50-55(78)64-42(26-2)57(80)66(18)32-47(73)67(19)43(28-33(3)4)54(77)65-48(37(11)12)60(83)68(20)44(29-34(5)6)53(76)62-40(16)52(75)63-41(17)56(79)69(21)45(30-35(7)8)58(81)70(22)46(31-36(9)10)59(82)71(23)49(38(13)14)61(84)72(50)24/h33-51,73-74H,25-32H2,1-24H3,(H,62,76)(H,63,75)(H,64,78)(H,65,77)/t39-,40+,41-,42+,43+,44+,45+,46+,47?,48+,49+,50+,51-/m1/s1. The van der Waals surface area contributed by atoms with Crippen LogP contribution in [0, 0.1) is 41.4 Å². The molecule has 1 aliphatic rings. The van der Waals surface area contributed by atoms with Crippen molar-refractivity contribution in [3.05, 3.63) is 0 Å². The molecule has 84 heavy (non-hydrogen) atoms. The number of nitrogens with zero attached hydrogens (tertiary/aromatic N) is 7. The van der Waals surface area contributed by atoms with E-state index in [1.807, 2.05) is 62.3 Å². The van der Waals surface area contributed by atoms with Gasteiger partial charge in [0.25, 0.3) is 0 Å². The van der Waals surface area contributed by atoms with E-state index < -0.39 is 150 Å². The highest BCUT2D eigenvalue weighted by Crippen LogP contribution is 2.26. The fourth-order valence-corrected chi connectivity index (χ4v) is 10.9. The molecule has 1 heterocycles. The predicted molar refractivity (Wildman–Crippen MR) is 325 cm³/mol. The van der Waals surface area contributed by atoms with E-state index in [-0.39, 0.29) is 62.3 Å². The lowest BCUT2D eigenvalue weighted by Crippen LogP contribution is -2.63. The Balaban J connectivity index is 4.29. The van der Waals surface area contributed by atoms with Crippen LogP contribution in [0.2, 0.25) is 0 Å². The quantitative estimate of drug-likeness (QED) is 0.138. The molecule has 0 aromatic carbocycles. The lowest BCUT2D eigenvalue weighted by molar-refractivity contribution is -0.157. The number of rotatable bonds is 15. The van der Waals surface area contributed by atoms with Gasteiger partial charge in [0, 0.05) is 42.3 Å². The maximum Gasteiger partial charge on any atom is 0.246 e. The summed E-state index contributed by atoms with van der Waals surface area (Å²) in [4.78, 5) is 155. The molecule has 0 bridgehead atoms. The number of hydrogen-bond donors (Lipinski definition) is 6. The van der Waals surface area contributed by atoms with E-state index in [4.69, 9.17) is 0 Å². The molecule has 1 unspecified atom stereocenters. The molecule has 23 heteroatoms. The third-order valence-electron chi connectivity index (χ3n) is 16.2. The largest absolute Gasteiger partial charge is 0.390 e. The van der Waals surface area contributed by atoms with E-state index >= 15 is 9.59 Å². The van der Waals surface area contributed by atoms with Gasteiger partial charge in [0.2, 0.25) is 59.1 Å². The number of carbonyl (C=O) groups is 10. The monoisotopic (exact) mass is 1190 g/mol. The molecule has 1 fully saturated rings. The van der Waals surface area contributed by atoms with E-state index in [1.165, 1.54) is 92.6 Å². The van der Waals surface area contributed by atoms with Gasteiger partial charge >= 0.3 is 0 Å². The van der Waals surface area contributed by atoms with Crippen LogP contribution in [0.25, 0.3) is 0 Å². The van der Waals surface area contributed by atoms with Gasteiger partial charge in [-0.05, 0) is 101 Å². The van der Waals surface area contributed by atoms with Gasteiger partial charge in [0.15, 0.2) is 0 Å². The normalized spacial score (nSPS) is 28.1. The summed E-state index contributed by atoms with van der Waals surface area (Å²) < 4.78 is 0. The summed E-state index contributed by atoms with van der Waals surface area (Å²) in [6.07, 6.45) is -0.990. The van der Waals surface area contributed by atoms with E-state index in [0.29, 0.717) is 12.8 Å². The minimum absolute atomic E-state index is 0.0628. The van der Waals surface area contributed by atoms with Crippen LogP contribution in [-0.4, -0.2) is 232 Å². The van der Waals surface area contributed by atoms with Crippen LogP contribution in [0.4, 0.5) is 0 Å². The van der Waals surface area contributed by atoms with E-state index in [1.54, 1.807) is 41.5 Å². The summed E-state index contributed by atoms with van der Waals surface area (Å²) in [6.45, 7) is 29.9. The number of aliphatic hydroxyl groups is 2.